The number of carbonyl (C=O) groups excluding carboxylic acids is 1. The number of esters is 1. The van der Waals surface area contributed by atoms with Crippen molar-refractivity contribution < 1.29 is 23.8 Å². The molecule has 0 amide bonds. The Kier molecular flexibility index (Phi) is 6.24. The summed E-state index contributed by atoms with van der Waals surface area (Å²) in [7, 11) is 0. The van der Waals surface area contributed by atoms with Gasteiger partial charge in [0.1, 0.15) is 18.2 Å². The summed E-state index contributed by atoms with van der Waals surface area (Å²) >= 11 is 0. The minimum Gasteiger partial charge on any atom is -0.480 e. The number of ether oxygens (including phenoxy) is 1. The number of hydrogen-bond acceptors (Lipinski definition) is 6. The molecule has 0 fully saturated rings. The SMILES string of the molecule is Cc1cc(C)cc(-c2nc3ccc(C(=O)OCc4ccc(CC(N)C(=O)O)cc4)cc3o2)c1. The van der Waals surface area contributed by atoms with Gasteiger partial charge < -0.3 is 20.0 Å². The van der Waals surface area contributed by atoms with Crippen molar-refractivity contribution in [3.63, 3.8) is 0 Å². The highest BCUT2D eigenvalue weighted by molar-refractivity contribution is 5.93. The van der Waals surface area contributed by atoms with Gasteiger partial charge in [0.15, 0.2) is 5.58 Å². The van der Waals surface area contributed by atoms with Gasteiger partial charge in [0, 0.05) is 5.56 Å². The number of benzene rings is 3. The molecule has 7 heteroatoms. The van der Waals surface area contributed by atoms with Gasteiger partial charge in [-0.2, -0.15) is 0 Å². The fraction of sp³-hybridized carbons (Fsp3) is 0.192. The second kappa shape index (κ2) is 9.26. The highest BCUT2D eigenvalue weighted by Crippen LogP contribution is 2.27. The standard InChI is InChI=1S/C26H24N2O5/c1-15-9-16(2)11-20(10-15)24-28-22-8-7-19(13-23(22)33-24)26(31)32-14-18-5-3-17(4-6-18)12-21(27)25(29)30/h3-11,13,21H,12,14,27H2,1-2H3,(H,29,30). The van der Waals surface area contributed by atoms with Crippen LogP contribution in [-0.2, 0) is 22.6 Å². The number of fused-ring (bicyclic) bond motifs is 1. The van der Waals surface area contributed by atoms with E-state index in [1.165, 1.54) is 0 Å². The van der Waals surface area contributed by atoms with E-state index in [4.69, 9.17) is 20.0 Å². The van der Waals surface area contributed by atoms with E-state index in [-0.39, 0.29) is 13.0 Å². The summed E-state index contributed by atoms with van der Waals surface area (Å²) in [6, 6.07) is 17.3. The molecule has 1 atom stereocenters. The third-order valence-corrected chi connectivity index (χ3v) is 5.26. The number of carboxylic acids is 1. The zero-order valence-corrected chi connectivity index (χ0v) is 18.4. The lowest BCUT2D eigenvalue weighted by Crippen LogP contribution is -2.32. The van der Waals surface area contributed by atoms with Crippen LogP contribution in [0.25, 0.3) is 22.6 Å². The van der Waals surface area contributed by atoms with Crippen molar-refractivity contribution in [1.29, 1.82) is 0 Å². The number of aryl methyl sites for hydroxylation is 2. The predicted octanol–water partition coefficient (Wildman–Crippen LogP) is 4.42. The molecule has 3 N–H and O–H groups in total. The van der Waals surface area contributed by atoms with Crippen LogP contribution in [0.4, 0.5) is 0 Å². The lowest BCUT2D eigenvalue weighted by Gasteiger charge is -2.08. The molecule has 7 nitrogen and oxygen atoms in total. The molecule has 0 bridgehead atoms. The summed E-state index contributed by atoms with van der Waals surface area (Å²) < 4.78 is 11.3. The summed E-state index contributed by atoms with van der Waals surface area (Å²) in [4.78, 5) is 28.0. The average Bonchev–Trinajstić information content (AvgIpc) is 3.21. The number of nitrogens with two attached hydrogens (primary N) is 1. The predicted molar refractivity (Wildman–Crippen MR) is 124 cm³/mol. The molecule has 4 rings (SSSR count). The summed E-state index contributed by atoms with van der Waals surface area (Å²) in [5.74, 6) is -1.01. The maximum absolute atomic E-state index is 12.5. The second-order valence-electron chi connectivity index (χ2n) is 8.12. The van der Waals surface area contributed by atoms with E-state index in [2.05, 4.69) is 11.1 Å². The number of rotatable bonds is 7. The monoisotopic (exact) mass is 444 g/mol. The van der Waals surface area contributed by atoms with Crippen LogP contribution in [0.5, 0.6) is 0 Å². The Balaban J connectivity index is 1.43. The van der Waals surface area contributed by atoms with Crippen molar-refractivity contribution in [2.45, 2.75) is 32.9 Å². The minimum atomic E-state index is -1.04. The number of oxazole rings is 1. The molecular formula is C26H24N2O5. The van der Waals surface area contributed by atoms with E-state index in [1.54, 1.807) is 42.5 Å². The molecule has 0 saturated carbocycles. The second-order valence-corrected chi connectivity index (χ2v) is 8.12. The van der Waals surface area contributed by atoms with Crippen LogP contribution < -0.4 is 5.73 Å². The fourth-order valence-corrected chi connectivity index (χ4v) is 3.62. The first-order chi connectivity index (χ1) is 15.8. The van der Waals surface area contributed by atoms with Crippen molar-refractivity contribution in [2.24, 2.45) is 5.73 Å². The molecule has 1 heterocycles. The molecule has 0 aliphatic rings. The largest absolute Gasteiger partial charge is 0.480 e. The van der Waals surface area contributed by atoms with Gasteiger partial charge in [0.25, 0.3) is 0 Å². The van der Waals surface area contributed by atoms with E-state index in [0.29, 0.717) is 22.6 Å². The fourth-order valence-electron chi connectivity index (χ4n) is 3.62. The molecule has 0 radical (unpaired) electrons. The van der Waals surface area contributed by atoms with Crippen LogP contribution in [-0.4, -0.2) is 28.1 Å². The Hall–Kier alpha value is -3.97. The van der Waals surface area contributed by atoms with Crippen molar-refractivity contribution >= 4 is 23.0 Å². The van der Waals surface area contributed by atoms with Crippen LogP contribution in [0.2, 0.25) is 0 Å². The highest BCUT2D eigenvalue weighted by Gasteiger charge is 2.14. The van der Waals surface area contributed by atoms with Crippen molar-refractivity contribution in [2.75, 3.05) is 0 Å². The minimum absolute atomic E-state index is 0.0896. The number of hydrogen-bond donors (Lipinski definition) is 2. The third kappa shape index (κ3) is 5.27. The Bertz CT molecular complexity index is 1300. The zero-order valence-electron chi connectivity index (χ0n) is 18.4. The molecule has 1 unspecified atom stereocenters. The summed E-state index contributed by atoms with van der Waals surface area (Å²) in [5, 5.41) is 8.91. The van der Waals surface area contributed by atoms with Gasteiger partial charge in [-0.05, 0) is 61.7 Å². The van der Waals surface area contributed by atoms with Crippen LogP contribution in [0, 0.1) is 13.8 Å². The van der Waals surface area contributed by atoms with E-state index >= 15 is 0 Å². The van der Waals surface area contributed by atoms with Crippen LogP contribution >= 0.6 is 0 Å². The first kappa shape index (κ1) is 22.2. The number of carbonyl (C=O) groups is 2. The van der Waals surface area contributed by atoms with Gasteiger partial charge in [-0.25, -0.2) is 9.78 Å². The zero-order chi connectivity index (χ0) is 23.5. The molecule has 0 aliphatic heterocycles. The van der Waals surface area contributed by atoms with Gasteiger partial charge in [0.2, 0.25) is 5.89 Å². The molecule has 1 aromatic heterocycles. The average molecular weight is 444 g/mol. The van der Waals surface area contributed by atoms with Crippen molar-refractivity contribution in [3.05, 3.63) is 88.5 Å². The van der Waals surface area contributed by atoms with Crippen LogP contribution in [0.1, 0.15) is 32.6 Å². The van der Waals surface area contributed by atoms with E-state index in [9.17, 15) is 9.59 Å². The molecule has 3 aromatic carbocycles. The van der Waals surface area contributed by atoms with E-state index in [1.807, 2.05) is 26.0 Å². The lowest BCUT2D eigenvalue weighted by atomic mass is 10.1. The van der Waals surface area contributed by atoms with Gasteiger partial charge in [-0.1, -0.05) is 41.5 Å². The molecule has 4 aromatic rings. The Labute approximate surface area is 190 Å². The molecule has 168 valence electrons. The summed E-state index contributed by atoms with van der Waals surface area (Å²) in [5.41, 5.74) is 11.8. The van der Waals surface area contributed by atoms with Gasteiger partial charge in [0.05, 0.1) is 5.56 Å². The molecule has 0 aliphatic carbocycles. The third-order valence-electron chi connectivity index (χ3n) is 5.26. The maximum Gasteiger partial charge on any atom is 0.338 e. The molecule has 33 heavy (non-hydrogen) atoms. The first-order valence-corrected chi connectivity index (χ1v) is 10.5. The highest BCUT2D eigenvalue weighted by atomic mass is 16.5. The molecular weight excluding hydrogens is 420 g/mol. The summed E-state index contributed by atoms with van der Waals surface area (Å²) in [6.45, 7) is 4.13. The molecule has 0 saturated heterocycles. The normalized spacial score (nSPS) is 12.0. The van der Waals surface area contributed by atoms with Crippen molar-refractivity contribution in [3.8, 4) is 11.5 Å². The van der Waals surface area contributed by atoms with Crippen LogP contribution in [0.3, 0.4) is 0 Å². The van der Waals surface area contributed by atoms with Crippen LogP contribution in [0.15, 0.2) is 65.1 Å². The number of aromatic nitrogens is 1. The van der Waals surface area contributed by atoms with Gasteiger partial charge >= 0.3 is 11.9 Å². The van der Waals surface area contributed by atoms with E-state index in [0.717, 1.165) is 27.8 Å². The Morgan fingerprint density at radius 3 is 2.33 bits per heavy atom. The number of carboxylic acid groups (broad SMARTS) is 1. The number of aliphatic carboxylic acids is 1. The smallest absolute Gasteiger partial charge is 0.338 e. The van der Waals surface area contributed by atoms with E-state index < -0.39 is 18.0 Å². The maximum atomic E-state index is 12.5. The first-order valence-electron chi connectivity index (χ1n) is 10.5. The Morgan fingerprint density at radius 1 is 1.00 bits per heavy atom. The quantitative estimate of drug-likeness (QED) is 0.405. The van der Waals surface area contributed by atoms with Gasteiger partial charge in [-0.3, -0.25) is 4.79 Å². The topological polar surface area (TPSA) is 116 Å². The number of nitrogens with zero attached hydrogens (tertiary/aromatic N) is 1. The van der Waals surface area contributed by atoms with Gasteiger partial charge in [-0.15, -0.1) is 0 Å². The van der Waals surface area contributed by atoms with Crippen molar-refractivity contribution in [1.82, 2.24) is 4.98 Å². The molecule has 0 spiro atoms. The Morgan fingerprint density at radius 2 is 1.67 bits per heavy atom. The lowest BCUT2D eigenvalue weighted by molar-refractivity contribution is -0.138. The summed E-state index contributed by atoms with van der Waals surface area (Å²) in [6.07, 6.45) is 0.233.